The third-order valence-corrected chi connectivity index (χ3v) is 1.07. The number of aromatic hydroxyl groups is 2. The molecule has 0 aliphatic carbocycles. The first-order valence-corrected chi connectivity index (χ1v) is 2.78. The molecule has 0 amide bonds. The third kappa shape index (κ3) is 1.61. The van der Waals surface area contributed by atoms with Gasteiger partial charge in [-0.25, -0.2) is 4.79 Å². The van der Waals surface area contributed by atoms with Gasteiger partial charge in [-0.3, -0.25) is 0 Å². The van der Waals surface area contributed by atoms with Crippen molar-refractivity contribution in [2.45, 2.75) is 0 Å². The molecule has 0 unspecified atom stereocenters. The molecule has 1 rings (SSSR count). The maximum absolute atomic E-state index is 10.3. The minimum absolute atomic E-state index is 0.262. The first-order chi connectivity index (χ1) is 5.09. The van der Waals surface area contributed by atoms with E-state index < -0.39 is 5.97 Å². The van der Waals surface area contributed by atoms with Crippen molar-refractivity contribution in [3.63, 3.8) is 0 Å². The van der Waals surface area contributed by atoms with Gasteiger partial charge in [0.25, 0.3) is 0 Å². The third-order valence-electron chi connectivity index (χ3n) is 1.07. The number of carbonyl (C=O) groups is 1. The molecule has 0 spiro atoms. The highest BCUT2D eigenvalue weighted by atomic mass is 16.4. The Morgan fingerprint density at radius 2 is 2.00 bits per heavy atom. The van der Waals surface area contributed by atoms with Crippen LogP contribution in [0.15, 0.2) is 12.1 Å². The molecular weight excluding hydrogens is 148 g/mol. The number of hydrogen-bond donors (Lipinski definition) is 3. The maximum atomic E-state index is 10.3. The van der Waals surface area contributed by atoms with Crippen molar-refractivity contribution in [3.05, 3.63) is 23.8 Å². The zero-order chi connectivity index (χ0) is 8.43. The number of carboxylic acid groups (broad SMARTS) is 1. The summed E-state index contributed by atoms with van der Waals surface area (Å²) in [6, 6.07) is 4.15. The Balaban J connectivity index is 3.19. The summed E-state index contributed by atoms with van der Waals surface area (Å²) in [6.45, 7) is 0. The number of benzene rings is 1. The second-order valence-corrected chi connectivity index (χ2v) is 1.94. The smallest absolute Gasteiger partial charge is 0.336 e. The summed E-state index contributed by atoms with van der Waals surface area (Å²) in [5, 5.41) is 25.9. The molecule has 57 valence electrons. The van der Waals surface area contributed by atoms with Crippen LogP contribution in [0, 0.1) is 6.07 Å². The molecule has 0 bridgehead atoms. The van der Waals surface area contributed by atoms with Crippen LogP contribution in [0.4, 0.5) is 0 Å². The molecule has 1 aromatic rings. The highest BCUT2D eigenvalue weighted by Crippen LogP contribution is 2.19. The summed E-state index contributed by atoms with van der Waals surface area (Å²) in [7, 11) is 0. The Kier molecular flexibility index (Phi) is 1.68. The molecule has 4 nitrogen and oxygen atoms in total. The van der Waals surface area contributed by atoms with E-state index in [0.717, 1.165) is 12.1 Å². The summed E-state index contributed by atoms with van der Waals surface area (Å²) >= 11 is 0. The van der Waals surface area contributed by atoms with Gasteiger partial charge in [0.2, 0.25) is 0 Å². The Bertz CT molecular complexity index is 272. The number of carboxylic acids is 1. The van der Waals surface area contributed by atoms with Crippen molar-refractivity contribution >= 4 is 5.97 Å². The van der Waals surface area contributed by atoms with Crippen LogP contribution >= 0.6 is 0 Å². The topological polar surface area (TPSA) is 77.8 Å². The highest BCUT2D eigenvalue weighted by molar-refractivity contribution is 5.88. The molecule has 0 aliphatic heterocycles. The van der Waals surface area contributed by atoms with E-state index in [4.69, 9.17) is 15.3 Å². The fourth-order valence-corrected chi connectivity index (χ4v) is 0.655. The molecule has 0 saturated heterocycles. The van der Waals surface area contributed by atoms with Gasteiger partial charge in [-0.05, 0) is 6.07 Å². The molecule has 0 atom stereocenters. The van der Waals surface area contributed by atoms with E-state index in [0.29, 0.717) is 0 Å². The minimum atomic E-state index is -1.24. The standard InChI is InChI=1S/C7H5O4/c8-5-1-4(7(10)11)2-6(9)3-5/h1,3,8-9H,(H,10,11). The largest absolute Gasteiger partial charge is 0.508 e. The first kappa shape index (κ1) is 7.40. The van der Waals surface area contributed by atoms with Crippen LogP contribution in [0.5, 0.6) is 11.5 Å². The van der Waals surface area contributed by atoms with E-state index in [9.17, 15) is 4.79 Å². The molecule has 3 N–H and O–H groups in total. The lowest BCUT2D eigenvalue weighted by Gasteiger charge is -1.96. The molecule has 11 heavy (non-hydrogen) atoms. The maximum Gasteiger partial charge on any atom is 0.336 e. The highest BCUT2D eigenvalue weighted by Gasteiger charge is 2.05. The Morgan fingerprint density at radius 1 is 1.36 bits per heavy atom. The van der Waals surface area contributed by atoms with Crippen LogP contribution < -0.4 is 0 Å². The van der Waals surface area contributed by atoms with Crippen LogP contribution in [-0.4, -0.2) is 21.3 Å². The van der Waals surface area contributed by atoms with Gasteiger partial charge in [-0.1, -0.05) is 0 Å². The summed E-state index contributed by atoms with van der Waals surface area (Å²) < 4.78 is 0. The van der Waals surface area contributed by atoms with E-state index in [1.165, 1.54) is 0 Å². The van der Waals surface area contributed by atoms with E-state index in [1.54, 1.807) is 0 Å². The molecule has 1 aromatic carbocycles. The normalized spacial score (nSPS) is 9.45. The van der Waals surface area contributed by atoms with Gasteiger partial charge in [0, 0.05) is 12.1 Å². The predicted octanol–water partition coefficient (Wildman–Crippen LogP) is 0.596. The van der Waals surface area contributed by atoms with E-state index >= 15 is 0 Å². The lowest BCUT2D eigenvalue weighted by molar-refractivity contribution is 0.0695. The second kappa shape index (κ2) is 2.49. The number of phenols is 2. The molecule has 4 heteroatoms. The zero-order valence-electron chi connectivity index (χ0n) is 5.40. The van der Waals surface area contributed by atoms with Crippen molar-refractivity contribution in [2.24, 2.45) is 0 Å². The van der Waals surface area contributed by atoms with Gasteiger partial charge in [0.1, 0.15) is 11.5 Å². The molecule has 0 fully saturated rings. The average molecular weight is 153 g/mol. The summed E-state index contributed by atoms with van der Waals surface area (Å²) in [5.41, 5.74) is -0.262. The molecule has 1 radical (unpaired) electrons. The van der Waals surface area contributed by atoms with Crippen molar-refractivity contribution < 1.29 is 20.1 Å². The SMILES string of the molecule is O=C(O)c1[c]c(O)cc(O)c1. The van der Waals surface area contributed by atoms with Gasteiger partial charge >= 0.3 is 5.97 Å². The first-order valence-electron chi connectivity index (χ1n) is 2.78. The van der Waals surface area contributed by atoms with Gasteiger partial charge in [0.15, 0.2) is 0 Å². The van der Waals surface area contributed by atoms with Crippen LogP contribution in [0.3, 0.4) is 0 Å². The Morgan fingerprint density at radius 3 is 2.45 bits per heavy atom. The van der Waals surface area contributed by atoms with Crippen molar-refractivity contribution in [1.29, 1.82) is 0 Å². The quantitative estimate of drug-likeness (QED) is 0.552. The number of phenolic OH excluding ortho intramolecular Hbond substituents is 2. The van der Waals surface area contributed by atoms with Crippen LogP contribution in [0.2, 0.25) is 0 Å². The Hall–Kier alpha value is -1.71. The van der Waals surface area contributed by atoms with Crippen molar-refractivity contribution in [3.8, 4) is 11.5 Å². The van der Waals surface area contributed by atoms with Gasteiger partial charge in [-0.15, -0.1) is 0 Å². The zero-order valence-corrected chi connectivity index (χ0v) is 5.40. The van der Waals surface area contributed by atoms with Gasteiger partial charge < -0.3 is 15.3 Å². The molecular formula is C7H5O4. The second-order valence-electron chi connectivity index (χ2n) is 1.94. The van der Waals surface area contributed by atoms with Gasteiger partial charge in [0.05, 0.1) is 5.56 Å². The molecule has 0 aliphatic rings. The minimum Gasteiger partial charge on any atom is -0.508 e. The lowest BCUT2D eigenvalue weighted by atomic mass is 10.2. The lowest BCUT2D eigenvalue weighted by Crippen LogP contribution is -1.95. The summed E-state index contributed by atoms with van der Waals surface area (Å²) in [5.74, 6) is -1.92. The number of hydrogen-bond acceptors (Lipinski definition) is 3. The van der Waals surface area contributed by atoms with E-state index in [-0.39, 0.29) is 17.1 Å². The summed E-state index contributed by atoms with van der Waals surface area (Å²) in [4.78, 5) is 10.3. The van der Waals surface area contributed by atoms with Crippen molar-refractivity contribution in [1.82, 2.24) is 0 Å². The average Bonchev–Trinajstić information content (AvgIpc) is 1.85. The number of aromatic carboxylic acids is 1. The number of rotatable bonds is 1. The summed E-state index contributed by atoms with van der Waals surface area (Å²) in [6.07, 6.45) is 0. The predicted molar refractivity (Wildman–Crippen MR) is 35.6 cm³/mol. The van der Waals surface area contributed by atoms with Crippen LogP contribution in [0.1, 0.15) is 10.4 Å². The fraction of sp³-hybridized carbons (Fsp3) is 0. The van der Waals surface area contributed by atoms with Gasteiger partial charge in [-0.2, -0.15) is 0 Å². The molecule has 0 heterocycles. The monoisotopic (exact) mass is 153 g/mol. The van der Waals surface area contributed by atoms with Crippen LogP contribution in [-0.2, 0) is 0 Å². The van der Waals surface area contributed by atoms with E-state index in [1.807, 2.05) is 0 Å². The fourth-order valence-electron chi connectivity index (χ4n) is 0.655. The van der Waals surface area contributed by atoms with E-state index in [2.05, 4.69) is 6.07 Å². The van der Waals surface area contributed by atoms with Crippen molar-refractivity contribution in [2.75, 3.05) is 0 Å². The molecule has 0 aromatic heterocycles. The molecule has 0 saturated carbocycles. The van der Waals surface area contributed by atoms with Crippen LogP contribution in [0.25, 0.3) is 0 Å². The Labute approximate surface area is 62.3 Å².